The molecule has 1 heterocycles. The lowest BCUT2D eigenvalue weighted by molar-refractivity contribution is 1.23. The minimum atomic E-state index is 0.435. The normalized spacial score (nSPS) is 10.9. The number of hydrogen-bond donors (Lipinski definition) is 1. The van der Waals surface area contributed by atoms with Gasteiger partial charge in [0.05, 0.1) is 10.5 Å². The van der Waals surface area contributed by atoms with Crippen LogP contribution in [-0.4, -0.2) is 9.97 Å². The zero-order valence-corrected chi connectivity index (χ0v) is 14.0. The van der Waals surface area contributed by atoms with E-state index in [9.17, 15) is 0 Å². The largest absolute Gasteiger partial charge is 0.383 e. The van der Waals surface area contributed by atoms with E-state index in [4.69, 9.17) is 17.3 Å². The Kier molecular flexibility index (Phi) is 3.67. The molecular formula is C14H8Br2ClN3. The van der Waals surface area contributed by atoms with Crippen molar-refractivity contribution in [3.8, 4) is 11.4 Å². The molecule has 0 amide bonds. The first-order valence-electron chi connectivity index (χ1n) is 5.73. The predicted molar refractivity (Wildman–Crippen MR) is 89.8 cm³/mol. The van der Waals surface area contributed by atoms with Gasteiger partial charge in [0.2, 0.25) is 0 Å². The van der Waals surface area contributed by atoms with Crippen molar-refractivity contribution < 1.29 is 0 Å². The van der Waals surface area contributed by atoms with Crippen molar-refractivity contribution in [3.05, 3.63) is 50.4 Å². The molecule has 3 nitrogen and oxygen atoms in total. The number of benzene rings is 2. The van der Waals surface area contributed by atoms with Gasteiger partial charge in [-0.2, -0.15) is 0 Å². The molecule has 0 bridgehead atoms. The van der Waals surface area contributed by atoms with E-state index >= 15 is 0 Å². The van der Waals surface area contributed by atoms with Crippen LogP contribution in [0.3, 0.4) is 0 Å². The van der Waals surface area contributed by atoms with E-state index in [0.717, 1.165) is 25.4 Å². The van der Waals surface area contributed by atoms with E-state index in [1.807, 2.05) is 36.4 Å². The van der Waals surface area contributed by atoms with Gasteiger partial charge < -0.3 is 5.73 Å². The Labute approximate surface area is 137 Å². The third-order valence-corrected chi connectivity index (χ3v) is 4.16. The summed E-state index contributed by atoms with van der Waals surface area (Å²) in [5.74, 6) is 0.958. The first-order valence-corrected chi connectivity index (χ1v) is 7.69. The summed E-state index contributed by atoms with van der Waals surface area (Å²) >= 11 is 13.0. The topological polar surface area (TPSA) is 51.8 Å². The van der Waals surface area contributed by atoms with Gasteiger partial charge in [-0.25, -0.2) is 9.97 Å². The molecule has 2 N–H and O–H groups in total. The summed E-state index contributed by atoms with van der Waals surface area (Å²) in [5, 5.41) is 1.39. The van der Waals surface area contributed by atoms with E-state index in [1.54, 1.807) is 0 Å². The van der Waals surface area contributed by atoms with Crippen LogP contribution in [0, 0.1) is 0 Å². The SMILES string of the molecule is Nc1nc(-c2ccc(Br)cc2Cl)nc2ccc(Br)cc12. The number of hydrogen-bond acceptors (Lipinski definition) is 3. The Morgan fingerprint density at radius 1 is 0.950 bits per heavy atom. The first-order chi connectivity index (χ1) is 9.54. The van der Waals surface area contributed by atoms with Gasteiger partial charge in [-0.15, -0.1) is 0 Å². The highest BCUT2D eigenvalue weighted by molar-refractivity contribution is 9.10. The van der Waals surface area contributed by atoms with Crippen LogP contribution in [0.25, 0.3) is 22.3 Å². The summed E-state index contributed by atoms with van der Waals surface area (Å²) in [7, 11) is 0. The maximum absolute atomic E-state index is 6.23. The molecule has 3 aromatic rings. The number of halogens is 3. The summed E-state index contributed by atoms with van der Waals surface area (Å²) in [4.78, 5) is 8.88. The molecule has 0 aliphatic heterocycles. The number of aromatic nitrogens is 2. The van der Waals surface area contributed by atoms with Gasteiger partial charge in [0.15, 0.2) is 5.82 Å². The molecule has 0 atom stereocenters. The van der Waals surface area contributed by atoms with Crippen molar-refractivity contribution in [2.24, 2.45) is 0 Å². The predicted octanol–water partition coefficient (Wildman–Crippen LogP) is 5.06. The second kappa shape index (κ2) is 5.31. The van der Waals surface area contributed by atoms with Crippen LogP contribution in [0.15, 0.2) is 45.3 Å². The second-order valence-corrected chi connectivity index (χ2v) is 6.46. The van der Waals surface area contributed by atoms with Gasteiger partial charge in [-0.05, 0) is 36.4 Å². The first kappa shape index (κ1) is 13.8. The standard InChI is InChI=1S/C14H8Br2ClN3/c15-7-2-4-12-10(5-7)13(18)20-14(19-12)9-3-1-8(16)6-11(9)17/h1-6H,(H2,18,19,20). The Morgan fingerprint density at radius 3 is 2.40 bits per heavy atom. The number of nitrogens with two attached hydrogens (primary N) is 1. The highest BCUT2D eigenvalue weighted by Crippen LogP contribution is 2.31. The van der Waals surface area contributed by atoms with E-state index in [2.05, 4.69) is 41.8 Å². The Bertz CT molecular complexity index is 821. The lowest BCUT2D eigenvalue weighted by Crippen LogP contribution is -1.98. The molecule has 3 rings (SSSR count). The second-order valence-electron chi connectivity index (χ2n) is 4.22. The molecule has 0 saturated carbocycles. The molecular weight excluding hydrogens is 405 g/mol. The number of anilines is 1. The quantitative estimate of drug-likeness (QED) is 0.607. The van der Waals surface area contributed by atoms with Gasteiger partial charge >= 0.3 is 0 Å². The molecule has 20 heavy (non-hydrogen) atoms. The van der Waals surface area contributed by atoms with E-state index in [1.165, 1.54) is 0 Å². The van der Waals surface area contributed by atoms with Crippen molar-refractivity contribution in [3.63, 3.8) is 0 Å². The fourth-order valence-electron chi connectivity index (χ4n) is 1.92. The lowest BCUT2D eigenvalue weighted by Gasteiger charge is -2.07. The Hall–Kier alpha value is -1.17. The molecule has 0 fully saturated rings. The smallest absolute Gasteiger partial charge is 0.163 e. The molecule has 0 spiro atoms. The van der Waals surface area contributed by atoms with Crippen LogP contribution < -0.4 is 5.73 Å². The zero-order chi connectivity index (χ0) is 14.3. The van der Waals surface area contributed by atoms with Crippen molar-refractivity contribution in [1.29, 1.82) is 0 Å². The summed E-state index contributed by atoms with van der Waals surface area (Å²) in [6, 6.07) is 11.3. The van der Waals surface area contributed by atoms with Gasteiger partial charge in [0, 0.05) is 19.9 Å². The molecule has 2 aromatic carbocycles. The minimum absolute atomic E-state index is 0.435. The third kappa shape index (κ3) is 2.53. The highest BCUT2D eigenvalue weighted by atomic mass is 79.9. The van der Waals surface area contributed by atoms with Crippen LogP contribution in [0.5, 0.6) is 0 Å². The number of rotatable bonds is 1. The molecule has 0 unspecified atom stereocenters. The zero-order valence-electron chi connectivity index (χ0n) is 10.1. The average Bonchev–Trinajstić information content (AvgIpc) is 2.39. The minimum Gasteiger partial charge on any atom is -0.383 e. The van der Waals surface area contributed by atoms with Gasteiger partial charge in [0.25, 0.3) is 0 Å². The monoisotopic (exact) mass is 411 g/mol. The van der Waals surface area contributed by atoms with Crippen LogP contribution in [-0.2, 0) is 0 Å². The van der Waals surface area contributed by atoms with Crippen molar-refractivity contribution in [2.45, 2.75) is 0 Å². The fraction of sp³-hybridized carbons (Fsp3) is 0. The third-order valence-electron chi connectivity index (χ3n) is 2.86. The van der Waals surface area contributed by atoms with Crippen molar-refractivity contribution in [2.75, 3.05) is 5.73 Å². The summed E-state index contributed by atoms with van der Waals surface area (Å²) in [6.45, 7) is 0. The highest BCUT2D eigenvalue weighted by Gasteiger charge is 2.11. The molecule has 0 saturated heterocycles. The fourth-order valence-corrected chi connectivity index (χ4v) is 3.03. The van der Waals surface area contributed by atoms with Crippen LogP contribution >= 0.6 is 43.5 Å². The average molecular weight is 414 g/mol. The van der Waals surface area contributed by atoms with E-state index in [0.29, 0.717) is 16.7 Å². The van der Waals surface area contributed by atoms with Crippen LogP contribution in [0.2, 0.25) is 5.02 Å². The van der Waals surface area contributed by atoms with Crippen LogP contribution in [0.1, 0.15) is 0 Å². The van der Waals surface area contributed by atoms with Crippen molar-refractivity contribution >= 4 is 60.2 Å². The molecule has 0 aliphatic carbocycles. The van der Waals surface area contributed by atoms with Gasteiger partial charge in [-0.1, -0.05) is 43.5 Å². The molecule has 1 aromatic heterocycles. The molecule has 0 radical (unpaired) electrons. The van der Waals surface area contributed by atoms with Gasteiger partial charge in [-0.3, -0.25) is 0 Å². The van der Waals surface area contributed by atoms with Gasteiger partial charge in [0.1, 0.15) is 5.82 Å². The summed E-state index contributed by atoms with van der Waals surface area (Å²) in [6.07, 6.45) is 0. The lowest BCUT2D eigenvalue weighted by atomic mass is 10.2. The summed E-state index contributed by atoms with van der Waals surface area (Å²) in [5.41, 5.74) is 7.56. The van der Waals surface area contributed by atoms with E-state index in [-0.39, 0.29) is 0 Å². The Balaban J connectivity index is 2.24. The van der Waals surface area contributed by atoms with Crippen molar-refractivity contribution in [1.82, 2.24) is 9.97 Å². The number of fused-ring (bicyclic) bond motifs is 1. The molecule has 100 valence electrons. The number of nitrogen functional groups attached to an aromatic ring is 1. The summed E-state index contributed by atoms with van der Waals surface area (Å²) < 4.78 is 1.85. The number of nitrogens with zero attached hydrogens (tertiary/aromatic N) is 2. The Morgan fingerprint density at radius 2 is 1.65 bits per heavy atom. The maximum atomic E-state index is 6.23. The molecule has 6 heteroatoms. The maximum Gasteiger partial charge on any atom is 0.163 e. The molecule has 0 aliphatic rings. The van der Waals surface area contributed by atoms with Crippen LogP contribution in [0.4, 0.5) is 5.82 Å². The van der Waals surface area contributed by atoms with E-state index < -0.39 is 0 Å².